The maximum absolute atomic E-state index is 12.7. The zero-order valence-electron chi connectivity index (χ0n) is 16.4. The van der Waals surface area contributed by atoms with E-state index in [0.29, 0.717) is 11.6 Å². The molecule has 0 bridgehead atoms. The molecule has 1 aliphatic heterocycles. The van der Waals surface area contributed by atoms with Gasteiger partial charge >= 0.3 is 0 Å². The monoisotopic (exact) mass is 398 g/mol. The van der Waals surface area contributed by atoms with Crippen molar-refractivity contribution >= 4 is 17.2 Å². The van der Waals surface area contributed by atoms with Crippen LogP contribution < -0.4 is 5.32 Å². The normalized spacial score (nSPS) is 20.7. The fraction of sp³-hybridized carbons (Fsp3) is 0.591. The Kier molecular flexibility index (Phi) is 6.70. The van der Waals surface area contributed by atoms with Gasteiger partial charge in [0.2, 0.25) is 0 Å². The number of hydrogen-bond donors (Lipinski definition) is 1. The second-order valence-electron chi connectivity index (χ2n) is 8.18. The third kappa shape index (κ3) is 4.97. The summed E-state index contributed by atoms with van der Waals surface area (Å²) in [5.74, 6) is 1.22. The van der Waals surface area contributed by atoms with E-state index in [0.717, 1.165) is 36.9 Å². The minimum Gasteiger partial charge on any atom is -0.341 e. The number of nitrogens with zero attached hydrogens (tertiary/aromatic N) is 3. The fourth-order valence-corrected chi connectivity index (χ4v) is 5.47. The second-order valence-corrected chi connectivity index (χ2v) is 9.10. The molecule has 2 aliphatic rings. The van der Waals surface area contributed by atoms with Gasteiger partial charge in [0.1, 0.15) is 10.7 Å². The van der Waals surface area contributed by atoms with E-state index in [4.69, 9.17) is 0 Å². The van der Waals surface area contributed by atoms with Crippen LogP contribution in [-0.4, -0.2) is 40.4 Å². The predicted octanol–water partition coefficient (Wildman–Crippen LogP) is 4.30. The lowest BCUT2D eigenvalue weighted by atomic mass is 9.86. The molecule has 0 radical (unpaired) electrons. The lowest BCUT2D eigenvalue weighted by molar-refractivity contribution is 0.0875. The van der Waals surface area contributed by atoms with E-state index < -0.39 is 0 Å². The second kappa shape index (κ2) is 9.61. The van der Waals surface area contributed by atoms with Crippen molar-refractivity contribution in [2.75, 3.05) is 19.6 Å². The van der Waals surface area contributed by atoms with Crippen LogP contribution in [-0.2, 0) is 0 Å². The van der Waals surface area contributed by atoms with Crippen LogP contribution in [0.1, 0.15) is 66.5 Å². The van der Waals surface area contributed by atoms with E-state index in [1.807, 2.05) is 23.7 Å². The number of amides is 1. The van der Waals surface area contributed by atoms with Gasteiger partial charge in [-0.1, -0.05) is 25.3 Å². The molecule has 1 N–H and O–H groups in total. The predicted molar refractivity (Wildman–Crippen MR) is 112 cm³/mol. The van der Waals surface area contributed by atoms with Crippen molar-refractivity contribution in [2.45, 2.75) is 51.0 Å². The highest BCUT2D eigenvalue weighted by atomic mass is 32.1. The zero-order chi connectivity index (χ0) is 19.2. The molecular weight excluding hydrogens is 368 g/mol. The summed E-state index contributed by atoms with van der Waals surface area (Å²) in [7, 11) is 0. The first-order valence-electron chi connectivity index (χ1n) is 10.6. The van der Waals surface area contributed by atoms with Crippen LogP contribution in [0.4, 0.5) is 0 Å². The van der Waals surface area contributed by atoms with Crippen molar-refractivity contribution < 1.29 is 4.79 Å². The molecule has 2 aromatic rings. The number of carbonyl (C=O) groups excluding carboxylic acids is 1. The lowest BCUT2D eigenvalue weighted by Crippen LogP contribution is -2.42. The van der Waals surface area contributed by atoms with Crippen LogP contribution in [0.15, 0.2) is 36.0 Å². The Labute approximate surface area is 171 Å². The summed E-state index contributed by atoms with van der Waals surface area (Å²) < 4.78 is 0. The molecule has 2 aromatic heterocycles. The number of likely N-dealkylation sites (tertiary alicyclic amines) is 1. The summed E-state index contributed by atoms with van der Waals surface area (Å²) in [5.41, 5.74) is 0.471. The van der Waals surface area contributed by atoms with Crippen LogP contribution in [0.3, 0.4) is 0 Å². The molecule has 3 heterocycles. The van der Waals surface area contributed by atoms with Crippen molar-refractivity contribution in [1.29, 1.82) is 0 Å². The Balaban J connectivity index is 1.37. The number of rotatable bonds is 6. The van der Waals surface area contributed by atoms with Crippen molar-refractivity contribution in [3.05, 3.63) is 46.7 Å². The summed E-state index contributed by atoms with van der Waals surface area (Å²) in [4.78, 5) is 24.1. The molecule has 1 aliphatic carbocycles. The van der Waals surface area contributed by atoms with Crippen LogP contribution in [0.2, 0.25) is 0 Å². The van der Waals surface area contributed by atoms with E-state index in [2.05, 4.69) is 20.2 Å². The van der Waals surface area contributed by atoms with E-state index in [1.165, 1.54) is 38.6 Å². The highest BCUT2D eigenvalue weighted by Crippen LogP contribution is 2.33. The van der Waals surface area contributed by atoms with Crippen LogP contribution in [0, 0.1) is 11.8 Å². The van der Waals surface area contributed by atoms with Crippen molar-refractivity contribution in [1.82, 2.24) is 20.2 Å². The standard InChI is InChI=1S/C22H30N4OS/c27-21(19-8-4-5-11-23-19)25-20(22-24-12-15-28-22)18-9-13-26(14-10-18)16-17-6-2-1-3-7-17/h4-5,8,11-12,15,17-18,20H,1-3,6-7,9-10,13-14,16H2,(H,25,27). The topological polar surface area (TPSA) is 58.1 Å². The zero-order valence-corrected chi connectivity index (χ0v) is 17.2. The summed E-state index contributed by atoms with van der Waals surface area (Å²) in [5, 5.41) is 6.23. The van der Waals surface area contributed by atoms with Gasteiger partial charge in [-0.05, 0) is 62.7 Å². The van der Waals surface area contributed by atoms with Gasteiger partial charge in [-0.3, -0.25) is 9.78 Å². The average Bonchev–Trinajstić information content (AvgIpc) is 3.28. The SMILES string of the molecule is O=C(NC(c1nccs1)C1CCN(CC2CCCCC2)CC1)c1ccccn1. The molecule has 6 heteroatoms. The highest BCUT2D eigenvalue weighted by molar-refractivity contribution is 7.09. The summed E-state index contributed by atoms with van der Waals surface area (Å²) >= 11 is 1.63. The number of hydrogen-bond acceptors (Lipinski definition) is 5. The molecule has 0 aromatic carbocycles. The molecule has 0 spiro atoms. The molecule has 2 fully saturated rings. The van der Waals surface area contributed by atoms with Gasteiger partial charge in [0.25, 0.3) is 5.91 Å². The number of aromatic nitrogens is 2. The molecule has 4 rings (SSSR count). The van der Waals surface area contributed by atoms with E-state index in [9.17, 15) is 4.79 Å². The number of nitrogens with one attached hydrogen (secondary N) is 1. The molecule has 1 unspecified atom stereocenters. The molecule has 28 heavy (non-hydrogen) atoms. The van der Waals surface area contributed by atoms with Crippen molar-refractivity contribution in [2.24, 2.45) is 11.8 Å². The molecule has 150 valence electrons. The Morgan fingerprint density at radius 1 is 1.11 bits per heavy atom. The first-order chi connectivity index (χ1) is 13.8. The van der Waals surface area contributed by atoms with Crippen molar-refractivity contribution in [3.63, 3.8) is 0 Å². The van der Waals surface area contributed by atoms with Crippen LogP contribution in [0.25, 0.3) is 0 Å². The Bertz CT molecular complexity index is 722. The smallest absolute Gasteiger partial charge is 0.270 e. The number of pyridine rings is 1. The van der Waals surface area contributed by atoms with Gasteiger partial charge < -0.3 is 10.2 Å². The van der Waals surface area contributed by atoms with E-state index in [-0.39, 0.29) is 11.9 Å². The average molecular weight is 399 g/mol. The Morgan fingerprint density at radius 2 is 1.93 bits per heavy atom. The van der Waals surface area contributed by atoms with Gasteiger partial charge in [0.05, 0.1) is 6.04 Å². The molecule has 1 saturated heterocycles. The highest BCUT2D eigenvalue weighted by Gasteiger charge is 2.31. The third-order valence-corrected chi connectivity index (χ3v) is 7.11. The minimum atomic E-state index is -0.106. The van der Waals surface area contributed by atoms with Crippen LogP contribution in [0.5, 0.6) is 0 Å². The van der Waals surface area contributed by atoms with Gasteiger partial charge in [-0.15, -0.1) is 11.3 Å². The molecular formula is C22H30N4OS. The van der Waals surface area contributed by atoms with Gasteiger partial charge in [0.15, 0.2) is 0 Å². The maximum atomic E-state index is 12.7. The molecule has 1 atom stereocenters. The first kappa shape index (κ1) is 19.5. The third-order valence-electron chi connectivity index (χ3n) is 6.25. The summed E-state index contributed by atoms with van der Waals surface area (Å²) in [6.45, 7) is 3.51. The molecule has 5 nitrogen and oxygen atoms in total. The minimum absolute atomic E-state index is 0.0219. The van der Waals surface area contributed by atoms with E-state index in [1.54, 1.807) is 23.6 Å². The van der Waals surface area contributed by atoms with Gasteiger partial charge in [-0.2, -0.15) is 0 Å². The lowest BCUT2D eigenvalue weighted by Gasteiger charge is -2.37. The van der Waals surface area contributed by atoms with E-state index >= 15 is 0 Å². The largest absolute Gasteiger partial charge is 0.341 e. The van der Waals surface area contributed by atoms with Crippen molar-refractivity contribution in [3.8, 4) is 0 Å². The fourth-order valence-electron chi connectivity index (χ4n) is 4.69. The molecule has 1 saturated carbocycles. The Hall–Kier alpha value is -1.79. The summed E-state index contributed by atoms with van der Waals surface area (Å²) in [6, 6.07) is 5.42. The number of piperidine rings is 1. The molecule has 1 amide bonds. The quantitative estimate of drug-likeness (QED) is 0.788. The Morgan fingerprint density at radius 3 is 2.61 bits per heavy atom. The number of carbonyl (C=O) groups is 1. The summed E-state index contributed by atoms with van der Waals surface area (Å²) in [6.07, 6.45) is 12.8. The van der Waals surface area contributed by atoms with Crippen LogP contribution >= 0.6 is 11.3 Å². The maximum Gasteiger partial charge on any atom is 0.270 e. The van der Waals surface area contributed by atoms with Gasteiger partial charge in [-0.25, -0.2) is 4.98 Å². The number of thiazole rings is 1. The first-order valence-corrected chi connectivity index (χ1v) is 11.5. The van der Waals surface area contributed by atoms with Gasteiger partial charge in [0, 0.05) is 24.3 Å².